The second-order valence-corrected chi connectivity index (χ2v) is 6.84. The molecule has 8 heteroatoms. The van der Waals surface area contributed by atoms with Gasteiger partial charge in [0.25, 0.3) is 5.91 Å². The molecule has 4 rings (SSSR count). The van der Waals surface area contributed by atoms with Gasteiger partial charge in [-0.1, -0.05) is 12.1 Å². The van der Waals surface area contributed by atoms with Gasteiger partial charge >= 0.3 is 0 Å². The number of nitrogens with one attached hydrogen (secondary N) is 3. The molecule has 8 nitrogen and oxygen atoms in total. The fraction of sp³-hybridized carbons (Fsp3) is 0.333. The molecule has 2 heterocycles. The standard InChI is InChI=1S/C21H23N3O5/c25-20(12-15-13-27-8-7-22-15)24-17-4-2-1-3-16(17)21(26)23-14-5-6-18-19(11-14)29-10-9-28-18/h1-6,11,15,22H,7-10,12-13H2,(H,23,26)(H,24,25). The van der Waals surface area contributed by atoms with Crippen molar-refractivity contribution >= 4 is 23.2 Å². The minimum absolute atomic E-state index is 0.0255. The number of rotatable bonds is 5. The van der Waals surface area contributed by atoms with Crippen LogP contribution in [0.15, 0.2) is 42.5 Å². The van der Waals surface area contributed by atoms with Gasteiger partial charge in [0.1, 0.15) is 13.2 Å². The van der Waals surface area contributed by atoms with Gasteiger partial charge in [0.05, 0.1) is 24.5 Å². The van der Waals surface area contributed by atoms with Crippen LogP contribution < -0.4 is 25.4 Å². The van der Waals surface area contributed by atoms with Gasteiger partial charge in [-0.2, -0.15) is 0 Å². The Hall–Kier alpha value is -3.10. The highest BCUT2D eigenvalue weighted by Crippen LogP contribution is 2.32. The molecule has 29 heavy (non-hydrogen) atoms. The quantitative estimate of drug-likeness (QED) is 0.714. The molecule has 2 aliphatic heterocycles. The number of benzene rings is 2. The van der Waals surface area contributed by atoms with Crippen molar-refractivity contribution in [1.29, 1.82) is 0 Å². The maximum atomic E-state index is 12.8. The molecule has 1 unspecified atom stereocenters. The number of carbonyl (C=O) groups is 2. The molecule has 0 radical (unpaired) electrons. The Kier molecular flexibility index (Phi) is 5.92. The van der Waals surface area contributed by atoms with Crippen molar-refractivity contribution in [2.24, 2.45) is 0 Å². The topological polar surface area (TPSA) is 97.9 Å². The van der Waals surface area contributed by atoms with Crippen LogP contribution >= 0.6 is 0 Å². The van der Waals surface area contributed by atoms with E-state index in [1.54, 1.807) is 42.5 Å². The van der Waals surface area contributed by atoms with E-state index in [1.165, 1.54) is 0 Å². The van der Waals surface area contributed by atoms with Gasteiger partial charge in [-0.05, 0) is 24.3 Å². The molecule has 2 aliphatic rings. The summed E-state index contributed by atoms with van der Waals surface area (Å²) in [5.41, 5.74) is 1.43. The van der Waals surface area contributed by atoms with E-state index in [2.05, 4.69) is 16.0 Å². The van der Waals surface area contributed by atoms with Gasteiger partial charge < -0.3 is 30.2 Å². The molecule has 3 N–H and O–H groups in total. The minimum Gasteiger partial charge on any atom is -0.486 e. The lowest BCUT2D eigenvalue weighted by atomic mass is 10.1. The molecule has 1 saturated heterocycles. The maximum absolute atomic E-state index is 12.8. The Labute approximate surface area is 168 Å². The lowest BCUT2D eigenvalue weighted by Gasteiger charge is -2.23. The SMILES string of the molecule is O=C(CC1COCCN1)Nc1ccccc1C(=O)Nc1ccc2c(c1)OCCO2. The highest BCUT2D eigenvalue weighted by atomic mass is 16.6. The van der Waals surface area contributed by atoms with E-state index in [4.69, 9.17) is 14.2 Å². The van der Waals surface area contributed by atoms with Crippen molar-refractivity contribution in [3.63, 3.8) is 0 Å². The van der Waals surface area contributed by atoms with Gasteiger partial charge in [0.15, 0.2) is 11.5 Å². The van der Waals surface area contributed by atoms with E-state index in [9.17, 15) is 9.59 Å². The summed E-state index contributed by atoms with van der Waals surface area (Å²) in [6.45, 7) is 2.86. The zero-order valence-electron chi connectivity index (χ0n) is 15.9. The van der Waals surface area contributed by atoms with Crippen molar-refractivity contribution in [3.05, 3.63) is 48.0 Å². The third-order valence-corrected chi connectivity index (χ3v) is 4.68. The molecule has 0 bridgehead atoms. The summed E-state index contributed by atoms with van der Waals surface area (Å²) in [6, 6.07) is 12.1. The molecule has 0 aliphatic carbocycles. The van der Waals surface area contributed by atoms with E-state index in [-0.39, 0.29) is 24.3 Å². The van der Waals surface area contributed by atoms with Crippen LogP contribution in [0.1, 0.15) is 16.8 Å². The predicted molar refractivity (Wildman–Crippen MR) is 108 cm³/mol. The lowest BCUT2D eigenvalue weighted by Crippen LogP contribution is -2.43. The van der Waals surface area contributed by atoms with Crippen LogP contribution in [0.3, 0.4) is 0 Å². The Morgan fingerprint density at radius 1 is 1.00 bits per heavy atom. The number of hydrogen-bond acceptors (Lipinski definition) is 6. The van der Waals surface area contributed by atoms with Gasteiger partial charge in [0.2, 0.25) is 5.91 Å². The lowest BCUT2D eigenvalue weighted by molar-refractivity contribution is -0.117. The molecule has 2 aromatic carbocycles. The molecule has 152 valence electrons. The first-order valence-electron chi connectivity index (χ1n) is 9.60. The van der Waals surface area contributed by atoms with E-state index < -0.39 is 0 Å². The molecule has 0 aromatic heterocycles. The summed E-state index contributed by atoms with van der Waals surface area (Å²) >= 11 is 0. The zero-order chi connectivity index (χ0) is 20.1. The van der Waals surface area contributed by atoms with Crippen molar-refractivity contribution in [2.75, 3.05) is 43.6 Å². The van der Waals surface area contributed by atoms with Crippen LogP contribution in [0.25, 0.3) is 0 Å². The first-order valence-corrected chi connectivity index (χ1v) is 9.60. The Balaban J connectivity index is 1.43. The first kappa shape index (κ1) is 19.2. The number of para-hydroxylation sites is 1. The van der Waals surface area contributed by atoms with Crippen LogP contribution in [0.2, 0.25) is 0 Å². The van der Waals surface area contributed by atoms with Crippen molar-refractivity contribution in [2.45, 2.75) is 12.5 Å². The third-order valence-electron chi connectivity index (χ3n) is 4.68. The predicted octanol–water partition coefficient (Wildman–Crippen LogP) is 2.03. The number of amides is 2. The number of fused-ring (bicyclic) bond motifs is 1. The zero-order valence-corrected chi connectivity index (χ0v) is 15.9. The van der Waals surface area contributed by atoms with Crippen LogP contribution in [-0.2, 0) is 9.53 Å². The number of hydrogen-bond donors (Lipinski definition) is 3. The summed E-state index contributed by atoms with van der Waals surface area (Å²) in [4.78, 5) is 25.2. The van der Waals surface area contributed by atoms with Crippen LogP contribution in [0, 0.1) is 0 Å². The monoisotopic (exact) mass is 397 g/mol. The van der Waals surface area contributed by atoms with E-state index >= 15 is 0 Å². The molecular weight excluding hydrogens is 374 g/mol. The molecule has 0 spiro atoms. The largest absolute Gasteiger partial charge is 0.486 e. The maximum Gasteiger partial charge on any atom is 0.257 e. The fourth-order valence-electron chi connectivity index (χ4n) is 3.29. The average Bonchev–Trinajstić information content (AvgIpc) is 2.74. The fourth-order valence-corrected chi connectivity index (χ4v) is 3.29. The second kappa shape index (κ2) is 8.93. The van der Waals surface area contributed by atoms with Crippen molar-refractivity contribution in [1.82, 2.24) is 5.32 Å². The molecule has 1 atom stereocenters. The highest BCUT2D eigenvalue weighted by Gasteiger charge is 2.19. The summed E-state index contributed by atoms with van der Waals surface area (Å²) in [5, 5.41) is 8.92. The van der Waals surface area contributed by atoms with Gasteiger partial charge in [-0.3, -0.25) is 9.59 Å². The molecule has 2 aromatic rings. The molecule has 2 amide bonds. The number of anilines is 2. The summed E-state index contributed by atoms with van der Waals surface area (Å²) in [5.74, 6) is 0.754. The molecule has 1 fully saturated rings. The number of ether oxygens (including phenoxy) is 3. The van der Waals surface area contributed by atoms with E-state index in [1.807, 2.05) is 0 Å². The molecular formula is C21H23N3O5. The van der Waals surface area contributed by atoms with Crippen molar-refractivity contribution < 1.29 is 23.8 Å². The summed E-state index contributed by atoms with van der Waals surface area (Å²) < 4.78 is 16.4. The van der Waals surface area contributed by atoms with Crippen LogP contribution in [0.4, 0.5) is 11.4 Å². The first-order chi connectivity index (χ1) is 14.2. The summed E-state index contributed by atoms with van der Waals surface area (Å²) in [7, 11) is 0. The number of morpholine rings is 1. The van der Waals surface area contributed by atoms with Gasteiger partial charge in [0, 0.05) is 30.8 Å². The average molecular weight is 397 g/mol. The normalized spacial score (nSPS) is 18.0. The highest BCUT2D eigenvalue weighted by molar-refractivity contribution is 6.10. The third kappa shape index (κ3) is 4.85. The van der Waals surface area contributed by atoms with Gasteiger partial charge in [-0.25, -0.2) is 0 Å². The Morgan fingerprint density at radius 3 is 2.66 bits per heavy atom. The smallest absolute Gasteiger partial charge is 0.257 e. The van der Waals surface area contributed by atoms with E-state index in [0.717, 1.165) is 6.54 Å². The van der Waals surface area contributed by atoms with Crippen LogP contribution in [0.5, 0.6) is 11.5 Å². The molecule has 0 saturated carbocycles. The summed E-state index contributed by atoms with van der Waals surface area (Å²) in [6.07, 6.45) is 0.276. The number of carbonyl (C=O) groups excluding carboxylic acids is 2. The second-order valence-electron chi connectivity index (χ2n) is 6.84. The van der Waals surface area contributed by atoms with Crippen LogP contribution in [-0.4, -0.2) is 50.8 Å². The van der Waals surface area contributed by atoms with Gasteiger partial charge in [-0.15, -0.1) is 0 Å². The Bertz CT molecular complexity index is 896. The van der Waals surface area contributed by atoms with E-state index in [0.29, 0.717) is 54.9 Å². The van der Waals surface area contributed by atoms with Crippen molar-refractivity contribution in [3.8, 4) is 11.5 Å². The minimum atomic E-state index is -0.322. The Morgan fingerprint density at radius 2 is 1.83 bits per heavy atom.